The quantitative estimate of drug-likeness (QED) is 0.720. The standard InChI is InChI=1S/C14H28N2O3/c1-18-10-8-16(9-11-19-2)13(17)12-14(15)6-4-3-5-7-14/h3-12,15H2,1-2H3. The molecular weight excluding hydrogens is 244 g/mol. The Morgan fingerprint density at radius 1 is 1.11 bits per heavy atom. The summed E-state index contributed by atoms with van der Waals surface area (Å²) in [6.07, 6.45) is 5.88. The van der Waals surface area contributed by atoms with Crippen LogP contribution in [-0.4, -0.2) is 56.9 Å². The lowest BCUT2D eigenvalue weighted by Gasteiger charge is -2.35. The molecule has 0 atom stereocenters. The second-order valence-corrected chi connectivity index (χ2v) is 5.47. The minimum Gasteiger partial charge on any atom is -0.383 e. The monoisotopic (exact) mass is 272 g/mol. The van der Waals surface area contributed by atoms with Gasteiger partial charge in [0, 0.05) is 39.3 Å². The predicted molar refractivity (Wildman–Crippen MR) is 75.0 cm³/mol. The van der Waals surface area contributed by atoms with Gasteiger partial charge >= 0.3 is 0 Å². The lowest BCUT2D eigenvalue weighted by molar-refractivity contribution is -0.134. The first kappa shape index (κ1) is 16.4. The van der Waals surface area contributed by atoms with Crippen LogP contribution in [0.3, 0.4) is 0 Å². The molecule has 0 unspecified atom stereocenters. The third-order valence-electron chi connectivity index (χ3n) is 3.84. The second-order valence-electron chi connectivity index (χ2n) is 5.47. The zero-order chi connectivity index (χ0) is 14.1. The molecule has 0 aromatic rings. The van der Waals surface area contributed by atoms with Crippen LogP contribution in [0, 0.1) is 0 Å². The molecular formula is C14H28N2O3. The van der Waals surface area contributed by atoms with Gasteiger partial charge in [0.25, 0.3) is 0 Å². The average molecular weight is 272 g/mol. The number of carbonyl (C=O) groups is 1. The van der Waals surface area contributed by atoms with E-state index in [4.69, 9.17) is 15.2 Å². The van der Waals surface area contributed by atoms with Gasteiger partial charge in [-0.15, -0.1) is 0 Å². The van der Waals surface area contributed by atoms with E-state index in [0.29, 0.717) is 32.7 Å². The molecule has 0 aliphatic heterocycles. The Labute approximate surface area is 116 Å². The van der Waals surface area contributed by atoms with Gasteiger partial charge in [0.15, 0.2) is 0 Å². The van der Waals surface area contributed by atoms with Crippen molar-refractivity contribution < 1.29 is 14.3 Å². The minimum atomic E-state index is -0.298. The Balaban J connectivity index is 2.49. The Bertz CT molecular complexity index is 257. The van der Waals surface area contributed by atoms with Crippen LogP contribution >= 0.6 is 0 Å². The first-order chi connectivity index (χ1) is 9.11. The summed E-state index contributed by atoms with van der Waals surface area (Å²) < 4.78 is 10.1. The van der Waals surface area contributed by atoms with Crippen molar-refractivity contribution in [2.45, 2.75) is 44.1 Å². The van der Waals surface area contributed by atoms with E-state index < -0.39 is 0 Å². The molecule has 0 aromatic carbocycles. The van der Waals surface area contributed by atoms with Crippen LogP contribution in [0.25, 0.3) is 0 Å². The number of methoxy groups -OCH3 is 2. The van der Waals surface area contributed by atoms with E-state index in [2.05, 4.69) is 0 Å². The lowest BCUT2D eigenvalue weighted by atomic mass is 9.80. The minimum absolute atomic E-state index is 0.124. The van der Waals surface area contributed by atoms with Crippen molar-refractivity contribution in [3.63, 3.8) is 0 Å². The zero-order valence-corrected chi connectivity index (χ0v) is 12.3. The third-order valence-corrected chi connectivity index (χ3v) is 3.84. The van der Waals surface area contributed by atoms with Crippen molar-refractivity contribution in [3.8, 4) is 0 Å². The highest BCUT2D eigenvalue weighted by Crippen LogP contribution is 2.29. The maximum atomic E-state index is 12.4. The van der Waals surface area contributed by atoms with Gasteiger partial charge in [0.05, 0.1) is 13.2 Å². The van der Waals surface area contributed by atoms with Crippen molar-refractivity contribution in [1.82, 2.24) is 4.90 Å². The van der Waals surface area contributed by atoms with Gasteiger partial charge in [0.1, 0.15) is 0 Å². The van der Waals surface area contributed by atoms with Crippen LogP contribution in [-0.2, 0) is 14.3 Å². The molecule has 0 spiro atoms. The largest absolute Gasteiger partial charge is 0.383 e. The maximum absolute atomic E-state index is 12.4. The highest BCUT2D eigenvalue weighted by atomic mass is 16.5. The molecule has 1 aliphatic carbocycles. The first-order valence-electron chi connectivity index (χ1n) is 7.16. The molecule has 1 fully saturated rings. The fraction of sp³-hybridized carbons (Fsp3) is 0.929. The Kier molecular flexibility index (Phi) is 7.34. The topological polar surface area (TPSA) is 64.8 Å². The molecule has 0 saturated heterocycles. The molecule has 19 heavy (non-hydrogen) atoms. The number of ether oxygens (including phenoxy) is 2. The highest BCUT2D eigenvalue weighted by molar-refractivity contribution is 5.77. The fourth-order valence-electron chi connectivity index (χ4n) is 2.61. The van der Waals surface area contributed by atoms with Gasteiger partial charge in [-0.3, -0.25) is 4.79 Å². The zero-order valence-electron chi connectivity index (χ0n) is 12.3. The Morgan fingerprint density at radius 3 is 2.11 bits per heavy atom. The molecule has 1 saturated carbocycles. The molecule has 5 heteroatoms. The van der Waals surface area contributed by atoms with Gasteiger partial charge in [0.2, 0.25) is 5.91 Å². The normalized spacial score (nSPS) is 18.3. The van der Waals surface area contributed by atoms with Crippen molar-refractivity contribution in [2.24, 2.45) is 5.73 Å². The molecule has 1 aliphatic rings. The lowest BCUT2D eigenvalue weighted by Crippen LogP contribution is -2.48. The van der Waals surface area contributed by atoms with Crippen molar-refractivity contribution >= 4 is 5.91 Å². The fourth-order valence-corrected chi connectivity index (χ4v) is 2.61. The summed E-state index contributed by atoms with van der Waals surface area (Å²) in [4.78, 5) is 14.2. The van der Waals surface area contributed by atoms with E-state index in [9.17, 15) is 4.79 Å². The number of rotatable bonds is 8. The smallest absolute Gasteiger partial charge is 0.224 e. The number of amides is 1. The van der Waals surface area contributed by atoms with Crippen molar-refractivity contribution in [2.75, 3.05) is 40.5 Å². The molecule has 112 valence electrons. The van der Waals surface area contributed by atoms with E-state index in [-0.39, 0.29) is 11.4 Å². The van der Waals surface area contributed by atoms with Crippen LogP contribution < -0.4 is 5.73 Å². The van der Waals surface area contributed by atoms with E-state index >= 15 is 0 Å². The van der Waals surface area contributed by atoms with E-state index in [1.807, 2.05) is 0 Å². The van der Waals surface area contributed by atoms with Gasteiger partial charge in [-0.05, 0) is 12.8 Å². The summed E-state index contributed by atoms with van der Waals surface area (Å²) in [6.45, 7) is 2.31. The first-order valence-corrected chi connectivity index (χ1v) is 7.16. The van der Waals surface area contributed by atoms with E-state index in [1.54, 1.807) is 19.1 Å². The number of hydrogen-bond acceptors (Lipinski definition) is 4. The summed E-state index contributed by atoms with van der Waals surface area (Å²) in [5.41, 5.74) is 6.05. The van der Waals surface area contributed by atoms with Gasteiger partial charge in [-0.1, -0.05) is 19.3 Å². The number of nitrogens with two attached hydrogens (primary N) is 1. The Morgan fingerprint density at radius 2 is 1.63 bits per heavy atom. The second kappa shape index (κ2) is 8.51. The molecule has 1 amide bonds. The SMILES string of the molecule is COCCN(CCOC)C(=O)CC1(N)CCCCC1. The van der Waals surface area contributed by atoms with Crippen molar-refractivity contribution in [1.29, 1.82) is 0 Å². The van der Waals surface area contributed by atoms with Crippen LogP contribution in [0.2, 0.25) is 0 Å². The summed E-state index contributed by atoms with van der Waals surface area (Å²) in [5.74, 6) is 0.124. The third kappa shape index (κ3) is 5.89. The summed E-state index contributed by atoms with van der Waals surface area (Å²) in [6, 6.07) is 0. The molecule has 0 radical (unpaired) electrons. The van der Waals surface area contributed by atoms with E-state index in [0.717, 1.165) is 25.7 Å². The average Bonchev–Trinajstić information content (AvgIpc) is 2.39. The molecule has 0 bridgehead atoms. The van der Waals surface area contributed by atoms with Crippen LogP contribution in [0.5, 0.6) is 0 Å². The highest BCUT2D eigenvalue weighted by Gasteiger charge is 2.31. The van der Waals surface area contributed by atoms with Crippen molar-refractivity contribution in [3.05, 3.63) is 0 Å². The molecule has 1 rings (SSSR count). The van der Waals surface area contributed by atoms with Crippen LogP contribution in [0.4, 0.5) is 0 Å². The number of carbonyl (C=O) groups excluding carboxylic acids is 1. The maximum Gasteiger partial charge on any atom is 0.224 e. The molecule has 2 N–H and O–H groups in total. The van der Waals surface area contributed by atoms with Gasteiger partial charge < -0.3 is 20.1 Å². The number of hydrogen-bond donors (Lipinski definition) is 1. The summed E-state index contributed by atoms with van der Waals surface area (Å²) in [7, 11) is 3.29. The van der Waals surface area contributed by atoms with Crippen LogP contribution in [0.1, 0.15) is 38.5 Å². The summed E-state index contributed by atoms with van der Waals surface area (Å²) in [5, 5.41) is 0. The molecule has 5 nitrogen and oxygen atoms in total. The Hall–Kier alpha value is -0.650. The predicted octanol–water partition coefficient (Wildman–Crippen LogP) is 1.16. The van der Waals surface area contributed by atoms with E-state index in [1.165, 1.54) is 6.42 Å². The summed E-state index contributed by atoms with van der Waals surface area (Å²) >= 11 is 0. The van der Waals surface area contributed by atoms with Crippen LogP contribution in [0.15, 0.2) is 0 Å². The number of nitrogens with zero attached hydrogens (tertiary/aromatic N) is 1. The van der Waals surface area contributed by atoms with Gasteiger partial charge in [-0.2, -0.15) is 0 Å². The molecule has 0 aromatic heterocycles. The molecule has 0 heterocycles. The van der Waals surface area contributed by atoms with Gasteiger partial charge in [-0.25, -0.2) is 0 Å².